The van der Waals surface area contributed by atoms with Crippen molar-refractivity contribution in [2.24, 2.45) is 0 Å². The van der Waals surface area contributed by atoms with Gasteiger partial charge in [0.1, 0.15) is 12.4 Å². The lowest BCUT2D eigenvalue weighted by Gasteiger charge is -2.20. The molecule has 4 nitrogen and oxygen atoms in total. The Balaban J connectivity index is 3.25. The van der Waals surface area contributed by atoms with Crippen molar-refractivity contribution in [1.82, 2.24) is 4.31 Å². The molecule has 1 aromatic carbocycles. The summed E-state index contributed by atoms with van der Waals surface area (Å²) in [6.07, 6.45) is -4.67. The van der Waals surface area contributed by atoms with Crippen LogP contribution in [0.1, 0.15) is 5.56 Å². The summed E-state index contributed by atoms with van der Waals surface area (Å²) in [7, 11) is -3.58. The van der Waals surface area contributed by atoms with Crippen molar-refractivity contribution in [1.29, 1.82) is 0 Å². The SMILES string of the molecule is Cc1cc(F)c(N)cc1S(=O)(=O)N(C)CC(F)(F)F. The van der Waals surface area contributed by atoms with Gasteiger partial charge in [-0.2, -0.15) is 17.5 Å². The minimum atomic E-state index is -4.67. The van der Waals surface area contributed by atoms with Crippen LogP contribution in [0, 0.1) is 12.7 Å². The van der Waals surface area contributed by atoms with Gasteiger partial charge in [0.2, 0.25) is 10.0 Å². The quantitative estimate of drug-likeness (QED) is 0.685. The van der Waals surface area contributed by atoms with Gasteiger partial charge in [-0.15, -0.1) is 0 Å². The second-order valence-electron chi connectivity index (χ2n) is 4.02. The van der Waals surface area contributed by atoms with Crippen LogP contribution in [0.4, 0.5) is 23.2 Å². The zero-order valence-corrected chi connectivity index (χ0v) is 10.9. The van der Waals surface area contributed by atoms with Crippen molar-refractivity contribution in [3.63, 3.8) is 0 Å². The van der Waals surface area contributed by atoms with E-state index in [0.717, 1.165) is 19.2 Å². The average Bonchev–Trinajstić information content (AvgIpc) is 2.20. The first-order valence-electron chi connectivity index (χ1n) is 5.04. The second-order valence-corrected chi connectivity index (χ2v) is 6.03. The Morgan fingerprint density at radius 1 is 1.32 bits per heavy atom. The Labute approximate surface area is 107 Å². The topological polar surface area (TPSA) is 63.4 Å². The van der Waals surface area contributed by atoms with E-state index >= 15 is 0 Å². The molecule has 2 N–H and O–H groups in total. The lowest BCUT2D eigenvalue weighted by molar-refractivity contribution is -0.134. The number of nitrogens with two attached hydrogens (primary N) is 1. The molecular weight excluding hydrogens is 288 g/mol. The Bertz CT molecular complexity index is 584. The molecule has 0 saturated carbocycles. The molecule has 0 spiro atoms. The monoisotopic (exact) mass is 300 g/mol. The number of halogens is 4. The molecule has 1 aromatic rings. The molecule has 0 heterocycles. The van der Waals surface area contributed by atoms with Gasteiger partial charge in [-0.1, -0.05) is 0 Å². The van der Waals surface area contributed by atoms with Crippen LogP contribution >= 0.6 is 0 Å². The highest BCUT2D eigenvalue weighted by molar-refractivity contribution is 7.89. The van der Waals surface area contributed by atoms with Gasteiger partial charge >= 0.3 is 6.18 Å². The minimum absolute atomic E-state index is 0.0132. The summed E-state index contributed by atoms with van der Waals surface area (Å²) in [5.74, 6) is -0.824. The molecule has 0 unspecified atom stereocenters. The fourth-order valence-electron chi connectivity index (χ4n) is 1.45. The molecule has 0 aliphatic carbocycles. The third kappa shape index (κ3) is 3.57. The summed E-state index contributed by atoms with van der Waals surface area (Å²) < 4.78 is 73.8. The molecule has 0 fully saturated rings. The number of sulfonamides is 1. The number of aryl methyl sites for hydroxylation is 1. The predicted molar refractivity (Wildman–Crippen MR) is 61.4 cm³/mol. The first-order valence-corrected chi connectivity index (χ1v) is 6.48. The standard InChI is InChI=1S/C10H12F4N2O2S/c1-6-3-7(11)8(15)4-9(6)19(17,18)16(2)5-10(12,13)14/h3-4H,5,15H2,1-2H3. The Hall–Kier alpha value is -1.35. The molecule has 0 aromatic heterocycles. The van der Waals surface area contributed by atoms with Crippen LogP contribution in [-0.4, -0.2) is 32.5 Å². The van der Waals surface area contributed by atoms with Crippen molar-refractivity contribution in [3.05, 3.63) is 23.5 Å². The number of rotatable bonds is 3. The number of nitrogen functional groups attached to an aromatic ring is 1. The number of anilines is 1. The summed E-state index contributed by atoms with van der Waals surface area (Å²) in [5.41, 5.74) is 4.78. The first-order chi connectivity index (χ1) is 8.45. The van der Waals surface area contributed by atoms with Crippen molar-refractivity contribution < 1.29 is 26.0 Å². The van der Waals surface area contributed by atoms with E-state index in [2.05, 4.69) is 0 Å². The number of hydrogen-bond donors (Lipinski definition) is 1. The fraction of sp³-hybridized carbons (Fsp3) is 0.400. The van der Waals surface area contributed by atoms with Gasteiger partial charge in [-0.25, -0.2) is 12.8 Å². The van der Waals surface area contributed by atoms with Crippen LogP contribution < -0.4 is 5.73 Å². The molecule has 0 amide bonds. The molecule has 0 radical (unpaired) electrons. The zero-order valence-electron chi connectivity index (χ0n) is 10.1. The van der Waals surface area contributed by atoms with Crippen LogP contribution in [0.2, 0.25) is 0 Å². The van der Waals surface area contributed by atoms with E-state index in [-0.39, 0.29) is 9.87 Å². The maximum atomic E-state index is 13.1. The number of hydrogen-bond acceptors (Lipinski definition) is 3. The third-order valence-corrected chi connectivity index (χ3v) is 4.33. The molecule has 108 valence electrons. The maximum Gasteiger partial charge on any atom is 0.402 e. The van der Waals surface area contributed by atoms with Crippen molar-refractivity contribution in [3.8, 4) is 0 Å². The van der Waals surface area contributed by atoms with Crippen LogP contribution in [-0.2, 0) is 10.0 Å². The van der Waals surface area contributed by atoms with Gasteiger partial charge in [0.15, 0.2) is 0 Å². The molecule has 0 aliphatic heterocycles. The summed E-state index contributed by atoms with van der Waals surface area (Å²) in [4.78, 5) is -0.446. The van der Waals surface area contributed by atoms with E-state index in [1.165, 1.54) is 6.92 Å². The van der Waals surface area contributed by atoms with Crippen LogP contribution in [0.5, 0.6) is 0 Å². The molecular formula is C10H12F4N2O2S. The lowest BCUT2D eigenvalue weighted by Crippen LogP contribution is -2.36. The maximum absolute atomic E-state index is 13.1. The largest absolute Gasteiger partial charge is 0.402 e. The van der Waals surface area contributed by atoms with Crippen LogP contribution in [0.3, 0.4) is 0 Å². The molecule has 0 atom stereocenters. The van der Waals surface area contributed by atoms with Gasteiger partial charge in [0, 0.05) is 7.05 Å². The van der Waals surface area contributed by atoms with Gasteiger partial charge < -0.3 is 5.73 Å². The molecule has 0 bridgehead atoms. The lowest BCUT2D eigenvalue weighted by atomic mass is 10.2. The molecule has 9 heteroatoms. The van der Waals surface area contributed by atoms with Gasteiger partial charge in [-0.3, -0.25) is 0 Å². The van der Waals surface area contributed by atoms with Crippen molar-refractivity contribution in [2.45, 2.75) is 18.0 Å². The Morgan fingerprint density at radius 3 is 2.32 bits per heavy atom. The van der Waals surface area contributed by atoms with Crippen LogP contribution in [0.15, 0.2) is 17.0 Å². The van der Waals surface area contributed by atoms with Gasteiger partial charge in [0.25, 0.3) is 0 Å². The summed E-state index contributed by atoms with van der Waals surface area (Å²) in [6, 6.07) is 1.68. The number of alkyl halides is 3. The predicted octanol–water partition coefficient (Wildman–Crippen LogP) is 1.90. The van der Waals surface area contributed by atoms with Crippen molar-refractivity contribution in [2.75, 3.05) is 19.3 Å². The molecule has 0 aliphatic rings. The molecule has 0 saturated heterocycles. The van der Waals surface area contributed by atoms with Crippen molar-refractivity contribution >= 4 is 15.7 Å². The van der Waals surface area contributed by atoms with E-state index in [0.29, 0.717) is 0 Å². The van der Waals surface area contributed by atoms with Gasteiger partial charge in [0.05, 0.1) is 10.6 Å². The highest BCUT2D eigenvalue weighted by Crippen LogP contribution is 2.26. The highest BCUT2D eigenvalue weighted by atomic mass is 32.2. The van der Waals surface area contributed by atoms with Crippen LogP contribution in [0.25, 0.3) is 0 Å². The van der Waals surface area contributed by atoms with E-state index in [1.54, 1.807) is 0 Å². The zero-order chi connectivity index (χ0) is 15.0. The Kier molecular flexibility index (Phi) is 4.11. The summed E-state index contributed by atoms with van der Waals surface area (Å²) in [5, 5.41) is 0. The average molecular weight is 300 g/mol. The first kappa shape index (κ1) is 15.7. The second kappa shape index (κ2) is 4.97. The minimum Gasteiger partial charge on any atom is -0.396 e. The molecule has 19 heavy (non-hydrogen) atoms. The van der Waals surface area contributed by atoms with Gasteiger partial charge in [-0.05, 0) is 24.6 Å². The summed E-state index contributed by atoms with van der Waals surface area (Å²) in [6.45, 7) is -0.358. The third-order valence-electron chi connectivity index (χ3n) is 2.38. The number of benzene rings is 1. The Morgan fingerprint density at radius 2 is 1.84 bits per heavy atom. The van der Waals surface area contributed by atoms with E-state index in [9.17, 15) is 26.0 Å². The highest BCUT2D eigenvalue weighted by Gasteiger charge is 2.35. The van der Waals surface area contributed by atoms with E-state index < -0.39 is 39.1 Å². The number of nitrogens with zero attached hydrogens (tertiary/aromatic N) is 1. The summed E-state index contributed by atoms with van der Waals surface area (Å²) >= 11 is 0. The fourth-order valence-corrected chi connectivity index (χ4v) is 2.85. The normalized spacial score (nSPS) is 13.0. The molecule has 1 rings (SSSR count). The smallest absolute Gasteiger partial charge is 0.396 e. The van der Waals surface area contributed by atoms with E-state index in [1.807, 2.05) is 0 Å². The van der Waals surface area contributed by atoms with E-state index in [4.69, 9.17) is 5.73 Å².